The minimum Gasteiger partial charge on any atom is -0.481 e. The van der Waals surface area contributed by atoms with E-state index in [0.29, 0.717) is 28.3 Å². The molecule has 1 N–H and O–H groups in total. The molecule has 6 nitrogen and oxygen atoms in total. The molecule has 0 radical (unpaired) electrons. The Morgan fingerprint density at radius 3 is 2.42 bits per heavy atom. The summed E-state index contributed by atoms with van der Waals surface area (Å²) >= 11 is 6.12. The van der Waals surface area contributed by atoms with Crippen LogP contribution in [0, 0.1) is 18.8 Å². The summed E-state index contributed by atoms with van der Waals surface area (Å²) < 4.78 is 38.8. The lowest BCUT2D eigenvalue weighted by molar-refractivity contribution is -0.157. The second-order valence-electron chi connectivity index (χ2n) is 8.67. The van der Waals surface area contributed by atoms with E-state index >= 15 is 0 Å². The summed E-state index contributed by atoms with van der Waals surface area (Å²) in [6.45, 7) is 10.6. The van der Waals surface area contributed by atoms with Crippen molar-refractivity contribution in [2.75, 3.05) is 6.61 Å². The first-order valence-electron chi connectivity index (χ1n) is 10.6. The summed E-state index contributed by atoms with van der Waals surface area (Å²) in [7, 11) is -3.66. The van der Waals surface area contributed by atoms with Crippen LogP contribution in [0.4, 0.5) is 0 Å². The summed E-state index contributed by atoms with van der Waals surface area (Å²) in [5.74, 6) is 5.86. The number of benzene rings is 2. The Morgan fingerprint density at radius 1 is 1.12 bits per heavy atom. The van der Waals surface area contributed by atoms with E-state index < -0.39 is 21.6 Å². The van der Waals surface area contributed by atoms with E-state index in [0.717, 1.165) is 5.56 Å². The van der Waals surface area contributed by atoms with Gasteiger partial charge in [-0.2, -0.15) is 0 Å². The number of hydrogen-bond acceptors (Lipinski definition) is 5. The van der Waals surface area contributed by atoms with Crippen molar-refractivity contribution in [2.45, 2.75) is 64.5 Å². The molecular weight excluding hydrogens is 462 g/mol. The number of sulfonamides is 1. The Hall–Kier alpha value is -2.53. The van der Waals surface area contributed by atoms with Crippen LogP contribution in [-0.2, 0) is 19.6 Å². The first kappa shape index (κ1) is 26.7. The van der Waals surface area contributed by atoms with Crippen molar-refractivity contribution >= 4 is 27.6 Å². The van der Waals surface area contributed by atoms with Gasteiger partial charge in [0.25, 0.3) is 0 Å². The second kappa shape index (κ2) is 11.1. The molecule has 2 aromatic carbocycles. The third-order valence-corrected chi connectivity index (χ3v) is 6.35. The number of rotatable bonds is 7. The van der Waals surface area contributed by atoms with Crippen LogP contribution >= 0.6 is 11.6 Å². The van der Waals surface area contributed by atoms with Crippen LogP contribution in [0.15, 0.2) is 41.3 Å². The molecule has 0 bridgehead atoms. The van der Waals surface area contributed by atoms with Gasteiger partial charge in [-0.3, -0.25) is 0 Å². The molecule has 0 aliphatic carbocycles. The fourth-order valence-electron chi connectivity index (χ4n) is 2.69. The average molecular weight is 492 g/mol. The molecule has 0 aliphatic rings. The second-order valence-corrected chi connectivity index (χ2v) is 10.8. The molecule has 0 saturated heterocycles. The predicted molar refractivity (Wildman–Crippen MR) is 130 cm³/mol. The molecule has 0 aromatic heterocycles. The number of hydrogen-bond donors (Lipinski definition) is 1. The highest BCUT2D eigenvalue weighted by Gasteiger charge is 2.18. The molecule has 1 atom stereocenters. The van der Waals surface area contributed by atoms with Crippen molar-refractivity contribution < 1.29 is 22.7 Å². The summed E-state index contributed by atoms with van der Waals surface area (Å²) in [5, 5.41) is 0.453. The molecule has 0 fully saturated rings. The van der Waals surface area contributed by atoms with Crippen molar-refractivity contribution in [2.24, 2.45) is 0 Å². The first-order chi connectivity index (χ1) is 15.3. The summed E-state index contributed by atoms with van der Waals surface area (Å²) in [6, 6.07) is 9.52. The minimum absolute atomic E-state index is 0.144. The SMILES string of the molecule is CCC(C)NS(=O)(=O)c1ccc(C)c(C#Cc2cc(Cl)ccc2OCC(=O)OC(C)(C)C)c1. The van der Waals surface area contributed by atoms with Gasteiger partial charge in [0.15, 0.2) is 6.61 Å². The van der Waals surface area contributed by atoms with Gasteiger partial charge in [-0.15, -0.1) is 0 Å². The van der Waals surface area contributed by atoms with Crippen LogP contribution in [0.1, 0.15) is 57.7 Å². The highest BCUT2D eigenvalue weighted by Crippen LogP contribution is 2.23. The zero-order valence-corrected chi connectivity index (χ0v) is 21.4. The van der Waals surface area contributed by atoms with Crippen molar-refractivity contribution in [3.63, 3.8) is 0 Å². The van der Waals surface area contributed by atoms with Crippen LogP contribution in [-0.4, -0.2) is 32.6 Å². The van der Waals surface area contributed by atoms with E-state index in [1.807, 2.05) is 20.8 Å². The minimum atomic E-state index is -3.66. The third kappa shape index (κ3) is 8.39. The van der Waals surface area contributed by atoms with Gasteiger partial charge in [0.05, 0.1) is 10.5 Å². The maximum Gasteiger partial charge on any atom is 0.344 e. The molecule has 0 heterocycles. The predicted octanol–water partition coefficient (Wildman–Crippen LogP) is 4.85. The highest BCUT2D eigenvalue weighted by molar-refractivity contribution is 7.89. The number of ether oxygens (including phenoxy) is 2. The topological polar surface area (TPSA) is 81.7 Å². The number of nitrogens with one attached hydrogen (secondary N) is 1. The van der Waals surface area contributed by atoms with Gasteiger partial charge < -0.3 is 9.47 Å². The van der Waals surface area contributed by atoms with Gasteiger partial charge in [0.2, 0.25) is 10.0 Å². The Morgan fingerprint density at radius 2 is 1.79 bits per heavy atom. The lowest BCUT2D eigenvalue weighted by Gasteiger charge is -2.19. The van der Waals surface area contributed by atoms with Gasteiger partial charge in [-0.05, 0) is 76.9 Å². The van der Waals surface area contributed by atoms with E-state index in [4.69, 9.17) is 21.1 Å². The van der Waals surface area contributed by atoms with Crippen LogP contribution in [0.3, 0.4) is 0 Å². The molecule has 1 unspecified atom stereocenters. The van der Waals surface area contributed by atoms with Crippen LogP contribution < -0.4 is 9.46 Å². The van der Waals surface area contributed by atoms with E-state index in [1.165, 1.54) is 0 Å². The quantitative estimate of drug-likeness (QED) is 0.442. The number of aryl methyl sites for hydroxylation is 1. The van der Waals surface area contributed by atoms with Gasteiger partial charge in [-0.1, -0.05) is 36.4 Å². The zero-order valence-electron chi connectivity index (χ0n) is 19.8. The van der Waals surface area contributed by atoms with Gasteiger partial charge >= 0.3 is 5.97 Å². The molecule has 0 spiro atoms. The maximum atomic E-state index is 12.6. The third-order valence-electron chi connectivity index (χ3n) is 4.53. The smallest absolute Gasteiger partial charge is 0.344 e. The number of esters is 1. The Labute approximate surface area is 201 Å². The largest absolute Gasteiger partial charge is 0.481 e. The monoisotopic (exact) mass is 491 g/mol. The van der Waals surface area contributed by atoms with Crippen LogP contribution in [0.2, 0.25) is 5.02 Å². The Balaban J connectivity index is 2.32. The lowest BCUT2D eigenvalue weighted by atomic mass is 10.1. The average Bonchev–Trinajstić information content (AvgIpc) is 2.70. The fraction of sp³-hybridized carbons (Fsp3) is 0.400. The van der Waals surface area contributed by atoms with E-state index in [1.54, 1.807) is 57.2 Å². The van der Waals surface area contributed by atoms with E-state index in [2.05, 4.69) is 16.6 Å². The molecule has 0 aliphatic heterocycles. The van der Waals surface area contributed by atoms with E-state index in [-0.39, 0.29) is 17.5 Å². The zero-order chi connectivity index (χ0) is 24.8. The lowest BCUT2D eigenvalue weighted by Crippen LogP contribution is -2.32. The van der Waals surface area contributed by atoms with Crippen LogP contribution in [0.5, 0.6) is 5.75 Å². The van der Waals surface area contributed by atoms with Crippen molar-refractivity contribution in [3.05, 3.63) is 58.1 Å². The summed E-state index contributed by atoms with van der Waals surface area (Å²) in [6.07, 6.45) is 0.679. The molecule has 2 aromatic rings. The fourth-order valence-corrected chi connectivity index (χ4v) is 4.21. The van der Waals surface area contributed by atoms with Crippen molar-refractivity contribution in [1.29, 1.82) is 0 Å². The Kier molecular flexibility index (Phi) is 8.96. The van der Waals surface area contributed by atoms with Gasteiger partial charge in [-0.25, -0.2) is 17.9 Å². The number of carbonyl (C=O) groups excluding carboxylic acids is 1. The van der Waals surface area contributed by atoms with Gasteiger partial charge in [0.1, 0.15) is 11.4 Å². The number of carbonyl (C=O) groups is 1. The molecule has 33 heavy (non-hydrogen) atoms. The molecule has 178 valence electrons. The molecule has 2 rings (SSSR count). The van der Waals surface area contributed by atoms with Crippen molar-refractivity contribution in [1.82, 2.24) is 4.72 Å². The normalized spacial score (nSPS) is 12.5. The first-order valence-corrected chi connectivity index (χ1v) is 12.5. The van der Waals surface area contributed by atoms with Gasteiger partial charge in [0, 0.05) is 16.6 Å². The maximum absolute atomic E-state index is 12.6. The standard InChI is InChI=1S/C25H30ClNO5S/c1-7-18(3)27-33(29,30)22-12-8-17(2)19(15-22)9-10-20-14-21(26)11-13-23(20)31-16-24(28)32-25(4,5)6/h8,11-15,18,27H,7,16H2,1-6H3. The molecule has 8 heteroatoms. The molecule has 0 amide bonds. The Bertz CT molecular complexity index is 1170. The van der Waals surface area contributed by atoms with E-state index in [9.17, 15) is 13.2 Å². The van der Waals surface area contributed by atoms with Crippen LogP contribution in [0.25, 0.3) is 0 Å². The summed E-state index contributed by atoms with van der Waals surface area (Å²) in [5.41, 5.74) is 1.23. The highest BCUT2D eigenvalue weighted by atomic mass is 35.5. The number of halogens is 1. The molecule has 0 saturated carbocycles. The van der Waals surface area contributed by atoms with Crippen molar-refractivity contribution in [3.8, 4) is 17.6 Å². The molecular formula is C25H30ClNO5S. The summed E-state index contributed by atoms with van der Waals surface area (Å²) in [4.78, 5) is 12.1.